The van der Waals surface area contributed by atoms with Crippen molar-refractivity contribution in [1.29, 1.82) is 0 Å². The molecule has 1 unspecified atom stereocenters. The Kier molecular flexibility index (Phi) is 5.02. The highest BCUT2D eigenvalue weighted by Crippen LogP contribution is 2.31. The molecule has 1 aromatic heterocycles. The first-order valence-electron chi connectivity index (χ1n) is 7.67. The minimum Gasteiger partial charge on any atom is -0.506 e. The Hall–Kier alpha value is -1.81. The molecule has 2 rings (SSSR count). The minimum atomic E-state index is -0.193. The third kappa shape index (κ3) is 3.27. The molecule has 4 nitrogen and oxygen atoms in total. The minimum absolute atomic E-state index is 0.121. The second-order valence-electron chi connectivity index (χ2n) is 5.50. The van der Waals surface area contributed by atoms with Gasteiger partial charge in [0.1, 0.15) is 5.75 Å². The van der Waals surface area contributed by atoms with E-state index in [4.69, 9.17) is 0 Å². The molecule has 4 heteroatoms. The summed E-state index contributed by atoms with van der Waals surface area (Å²) in [4.78, 5) is 16.7. The predicted octanol–water partition coefficient (Wildman–Crippen LogP) is 3.42. The van der Waals surface area contributed by atoms with E-state index in [0.717, 1.165) is 36.9 Å². The zero-order valence-corrected chi connectivity index (χ0v) is 13.0. The van der Waals surface area contributed by atoms with E-state index < -0.39 is 0 Å². The van der Waals surface area contributed by atoms with Crippen molar-refractivity contribution in [2.45, 2.75) is 39.7 Å². The lowest BCUT2D eigenvalue weighted by Gasteiger charge is -2.29. The van der Waals surface area contributed by atoms with Gasteiger partial charge in [0.2, 0.25) is 5.56 Å². The lowest BCUT2D eigenvalue weighted by Crippen LogP contribution is -2.28. The molecule has 2 aromatic rings. The number of aromatic hydroxyl groups is 1. The fourth-order valence-electron chi connectivity index (χ4n) is 2.89. The smallest absolute Gasteiger partial charge is 0.248 e. The van der Waals surface area contributed by atoms with Crippen LogP contribution < -0.4 is 5.56 Å². The molecule has 1 aromatic carbocycles. The van der Waals surface area contributed by atoms with Crippen molar-refractivity contribution in [2.24, 2.45) is 0 Å². The van der Waals surface area contributed by atoms with Crippen LogP contribution in [0.1, 0.15) is 45.2 Å². The lowest BCUT2D eigenvalue weighted by atomic mass is 10.00. The number of nitrogens with zero attached hydrogens (tertiary/aromatic N) is 1. The Bertz CT molecular complexity index is 657. The molecule has 2 N–H and O–H groups in total. The lowest BCUT2D eigenvalue weighted by molar-refractivity contribution is 0.212. The molecule has 1 atom stereocenters. The first kappa shape index (κ1) is 15.6. The fraction of sp³-hybridized carbons (Fsp3) is 0.471. The number of aromatic amines is 1. The third-order valence-electron chi connectivity index (χ3n) is 3.93. The number of phenols is 1. The van der Waals surface area contributed by atoms with E-state index in [2.05, 4.69) is 30.7 Å². The van der Waals surface area contributed by atoms with Crippen LogP contribution in [0.2, 0.25) is 0 Å². The van der Waals surface area contributed by atoms with E-state index in [1.54, 1.807) is 12.1 Å². The highest BCUT2D eigenvalue weighted by molar-refractivity contribution is 5.87. The maximum absolute atomic E-state index is 11.5. The topological polar surface area (TPSA) is 56.3 Å². The van der Waals surface area contributed by atoms with Crippen molar-refractivity contribution >= 4 is 10.9 Å². The molecular formula is C17H24N2O2. The Morgan fingerprint density at radius 1 is 1.14 bits per heavy atom. The number of rotatable bonds is 6. The van der Waals surface area contributed by atoms with Gasteiger partial charge in [-0.2, -0.15) is 0 Å². The molecule has 0 spiro atoms. The van der Waals surface area contributed by atoms with Gasteiger partial charge in [-0.3, -0.25) is 9.69 Å². The predicted molar refractivity (Wildman–Crippen MR) is 86.8 cm³/mol. The highest BCUT2D eigenvalue weighted by atomic mass is 16.3. The number of nitrogens with one attached hydrogen (secondary N) is 1. The summed E-state index contributed by atoms with van der Waals surface area (Å²) in [7, 11) is 0. The number of benzene rings is 1. The number of hydrogen-bond donors (Lipinski definition) is 2. The summed E-state index contributed by atoms with van der Waals surface area (Å²) < 4.78 is 0. The molecule has 0 fully saturated rings. The number of phenolic OH excluding ortho intramolecular Hbond substituents is 1. The van der Waals surface area contributed by atoms with E-state index in [-0.39, 0.29) is 17.4 Å². The van der Waals surface area contributed by atoms with Gasteiger partial charge in [0.15, 0.2) is 0 Å². The summed E-state index contributed by atoms with van der Waals surface area (Å²) in [6.07, 6.45) is 2.22. The standard InChI is InChI=1S/C17H24N2O2/c1-4-10-19(11-5-2)12(3)13-6-8-15(20)17-14(13)7-9-16(21)18-17/h6-9,12,20H,4-5,10-11H2,1-3H3,(H,18,21). The first-order valence-corrected chi connectivity index (χ1v) is 7.67. The van der Waals surface area contributed by atoms with Gasteiger partial charge in [0.25, 0.3) is 0 Å². The van der Waals surface area contributed by atoms with E-state index in [1.165, 1.54) is 6.07 Å². The van der Waals surface area contributed by atoms with Crippen LogP contribution in [-0.2, 0) is 0 Å². The molecule has 0 aliphatic heterocycles. The average molecular weight is 288 g/mol. The van der Waals surface area contributed by atoms with E-state index >= 15 is 0 Å². The van der Waals surface area contributed by atoms with Gasteiger partial charge in [0.05, 0.1) is 5.52 Å². The summed E-state index contributed by atoms with van der Waals surface area (Å²) in [5.74, 6) is 0.121. The molecule has 0 radical (unpaired) electrons. The van der Waals surface area contributed by atoms with Gasteiger partial charge in [-0.25, -0.2) is 0 Å². The van der Waals surface area contributed by atoms with Crippen molar-refractivity contribution in [3.05, 3.63) is 40.2 Å². The van der Waals surface area contributed by atoms with Crippen molar-refractivity contribution < 1.29 is 5.11 Å². The monoisotopic (exact) mass is 288 g/mol. The normalized spacial score (nSPS) is 13.0. The molecule has 0 bridgehead atoms. The van der Waals surface area contributed by atoms with E-state index in [9.17, 15) is 9.90 Å². The van der Waals surface area contributed by atoms with Crippen LogP contribution in [0, 0.1) is 0 Å². The van der Waals surface area contributed by atoms with E-state index in [1.807, 2.05) is 6.07 Å². The second-order valence-corrected chi connectivity index (χ2v) is 5.50. The van der Waals surface area contributed by atoms with E-state index in [0.29, 0.717) is 5.52 Å². The van der Waals surface area contributed by atoms with Crippen LogP contribution in [0.5, 0.6) is 5.75 Å². The zero-order valence-electron chi connectivity index (χ0n) is 13.0. The van der Waals surface area contributed by atoms with Crippen molar-refractivity contribution in [1.82, 2.24) is 9.88 Å². The van der Waals surface area contributed by atoms with Gasteiger partial charge in [-0.05, 0) is 50.6 Å². The van der Waals surface area contributed by atoms with Crippen LogP contribution in [0.15, 0.2) is 29.1 Å². The van der Waals surface area contributed by atoms with Crippen LogP contribution in [-0.4, -0.2) is 28.1 Å². The summed E-state index contributed by atoms with van der Waals surface area (Å²) in [5.41, 5.74) is 1.47. The quantitative estimate of drug-likeness (QED) is 0.856. The Morgan fingerprint density at radius 2 is 1.81 bits per heavy atom. The number of H-pyrrole nitrogens is 1. The molecule has 1 heterocycles. The molecule has 0 saturated heterocycles. The van der Waals surface area contributed by atoms with Gasteiger partial charge in [-0.1, -0.05) is 19.9 Å². The van der Waals surface area contributed by atoms with Crippen molar-refractivity contribution in [3.8, 4) is 5.75 Å². The molecule has 0 saturated carbocycles. The maximum Gasteiger partial charge on any atom is 0.248 e. The number of hydrogen-bond acceptors (Lipinski definition) is 3. The summed E-state index contributed by atoms with van der Waals surface area (Å²) in [5, 5.41) is 10.9. The van der Waals surface area contributed by atoms with Gasteiger partial charge in [0, 0.05) is 17.5 Å². The number of aromatic nitrogens is 1. The third-order valence-corrected chi connectivity index (χ3v) is 3.93. The summed E-state index contributed by atoms with van der Waals surface area (Å²) >= 11 is 0. The first-order chi connectivity index (χ1) is 10.1. The Labute approximate surface area is 125 Å². The summed E-state index contributed by atoms with van der Waals surface area (Å²) in [6.45, 7) is 8.63. The second kappa shape index (κ2) is 6.76. The van der Waals surface area contributed by atoms with Gasteiger partial charge in [-0.15, -0.1) is 0 Å². The summed E-state index contributed by atoms with van der Waals surface area (Å²) in [6, 6.07) is 7.19. The highest BCUT2D eigenvalue weighted by Gasteiger charge is 2.17. The largest absolute Gasteiger partial charge is 0.506 e. The van der Waals surface area contributed by atoms with Crippen LogP contribution >= 0.6 is 0 Å². The van der Waals surface area contributed by atoms with Gasteiger partial charge < -0.3 is 10.1 Å². The Morgan fingerprint density at radius 3 is 2.43 bits per heavy atom. The van der Waals surface area contributed by atoms with Crippen LogP contribution in [0.4, 0.5) is 0 Å². The maximum atomic E-state index is 11.5. The molecular weight excluding hydrogens is 264 g/mol. The Balaban J connectivity index is 2.50. The zero-order chi connectivity index (χ0) is 15.4. The molecule has 114 valence electrons. The fourth-order valence-corrected chi connectivity index (χ4v) is 2.89. The average Bonchev–Trinajstić information content (AvgIpc) is 2.47. The van der Waals surface area contributed by atoms with Gasteiger partial charge >= 0.3 is 0 Å². The molecule has 0 aliphatic rings. The number of pyridine rings is 1. The van der Waals surface area contributed by atoms with Crippen molar-refractivity contribution in [2.75, 3.05) is 13.1 Å². The van der Waals surface area contributed by atoms with Crippen molar-refractivity contribution in [3.63, 3.8) is 0 Å². The SMILES string of the molecule is CCCN(CCC)C(C)c1ccc(O)c2[nH]c(=O)ccc12. The van der Waals surface area contributed by atoms with Crippen LogP contribution in [0.25, 0.3) is 10.9 Å². The molecule has 0 aliphatic carbocycles. The molecule has 21 heavy (non-hydrogen) atoms. The number of fused-ring (bicyclic) bond motifs is 1. The molecule has 0 amide bonds. The van der Waals surface area contributed by atoms with Crippen LogP contribution in [0.3, 0.4) is 0 Å².